The smallest absolute Gasteiger partial charge is 0.222 e. The molecule has 11 heavy (non-hydrogen) atoms. The molecule has 66 valence electrons. The maximum Gasteiger partial charge on any atom is 0.222 e. The Labute approximate surface area is 73.1 Å². The molecule has 0 aromatic rings. The highest BCUT2D eigenvalue weighted by Gasteiger charge is 1.98. The zero-order valence-electron chi connectivity index (χ0n) is 5.95. The lowest BCUT2D eigenvalue weighted by Gasteiger charge is -1.99. The van der Waals surface area contributed by atoms with E-state index in [0.717, 1.165) is 0 Å². The van der Waals surface area contributed by atoms with Gasteiger partial charge in [-0.25, -0.2) is 0 Å². The van der Waals surface area contributed by atoms with Gasteiger partial charge in [-0.2, -0.15) is 0 Å². The number of rotatable bonds is 6. The van der Waals surface area contributed by atoms with Gasteiger partial charge in [0.1, 0.15) is 6.73 Å². The van der Waals surface area contributed by atoms with Crippen LogP contribution in [0.5, 0.6) is 0 Å². The number of carbonyl (C=O) groups excluding carboxylic acids is 1. The minimum absolute atomic E-state index is 0.0618. The molecule has 0 unspecified atom stereocenters. The van der Waals surface area contributed by atoms with Gasteiger partial charge in [0.15, 0.2) is 0 Å². The highest BCUT2D eigenvalue weighted by Crippen LogP contribution is 2.19. The highest BCUT2D eigenvalue weighted by atomic mass is 33.1. The van der Waals surface area contributed by atoms with Gasteiger partial charge in [0.25, 0.3) is 0 Å². The van der Waals surface area contributed by atoms with Crippen molar-refractivity contribution in [1.29, 1.82) is 0 Å². The summed E-state index contributed by atoms with van der Waals surface area (Å²) in [5.74, 6) is 0.544. The second-order valence-corrected chi connectivity index (χ2v) is 4.13. The zero-order valence-corrected chi connectivity index (χ0v) is 7.58. The van der Waals surface area contributed by atoms with Gasteiger partial charge in [0.2, 0.25) is 5.91 Å². The fourth-order valence-electron chi connectivity index (χ4n) is 0.407. The van der Waals surface area contributed by atoms with Crippen LogP contribution >= 0.6 is 21.6 Å². The summed E-state index contributed by atoms with van der Waals surface area (Å²) in [6.07, 6.45) is 0.373. The van der Waals surface area contributed by atoms with Crippen LogP contribution in [-0.2, 0) is 4.79 Å². The molecule has 0 rings (SSSR count). The molecular weight excluding hydrogens is 186 g/mol. The van der Waals surface area contributed by atoms with E-state index in [4.69, 9.17) is 10.2 Å². The maximum atomic E-state index is 10.6. The summed E-state index contributed by atoms with van der Waals surface area (Å²) in [5, 5.41) is 18.8. The fraction of sp³-hybridized carbons (Fsp3) is 0.800. The lowest BCUT2D eigenvalue weighted by atomic mass is 10.5. The summed E-state index contributed by atoms with van der Waals surface area (Å²) in [4.78, 5) is 10.6. The molecule has 0 saturated carbocycles. The summed E-state index contributed by atoms with van der Waals surface area (Å²) >= 11 is 0. The summed E-state index contributed by atoms with van der Waals surface area (Å²) in [6, 6.07) is 0. The van der Waals surface area contributed by atoms with Crippen LogP contribution in [0.25, 0.3) is 0 Å². The third-order valence-electron chi connectivity index (χ3n) is 0.825. The molecule has 4 nitrogen and oxygen atoms in total. The van der Waals surface area contributed by atoms with E-state index in [1.54, 1.807) is 0 Å². The van der Waals surface area contributed by atoms with Gasteiger partial charge in [0, 0.05) is 12.2 Å². The van der Waals surface area contributed by atoms with E-state index in [1.165, 1.54) is 21.6 Å². The minimum atomic E-state index is -0.309. The van der Waals surface area contributed by atoms with Crippen LogP contribution in [0.1, 0.15) is 6.42 Å². The van der Waals surface area contributed by atoms with Gasteiger partial charge in [0.05, 0.1) is 5.94 Å². The number of nitrogens with one attached hydrogen (secondary N) is 1. The average molecular weight is 197 g/mol. The van der Waals surface area contributed by atoms with E-state index in [1.807, 2.05) is 0 Å². The van der Waals surface area contributed by atoms with E-state index >= 15 is 0 Å². The van der Waals surface area contributed by atoms with E-state index in [2.05, 4.69) is 5.32 Å². The molecule has 0 aromatic carbocycles. The van der Waals surface area contributed by atoms with Crippen molar-refractivity contribution in [2.24, 2.45) is 0 Å². The number of aliphatic hydroxyl groups is 2. The first-order valence-corrected chi connectivity index (χ1v) is 5.53. The largest absolute Gasteiger partial charge is 0.385 e. The van der Waals surface area contributed by atoms with Crippen LogP contribution in [0.3, 0.4) is 0 Å². The van der Waals surface area contributed by atoms with Crippen molar-refractivity contribution >= 4 is 27.5 Å². The lowest BCUT2D eigenvalue weighted by molar-refractivity contribution is -0.121. The lowest BCUT2D eigenvalue weighted by Crippen LogP contribution is -2.24. The third kappa shape index (κ3) is 7.99. The molecular formula is C5H11NO3S2. The van der Waals surface area contributed by atoms with E-state index < -0.39 is 0 Å². The Hall–Kier alpha value is 0.0900. The number of carbonyl (C=O) groups is 1. The number of amides is 1. The highest BCUT2D eigenvalue weighted by molar-refractivity contribution is 8.76. The Morgan fingerprint density at radius 1 is 1.36 bits per heavy atom. The molecule has 0 aromatic heterocycles. The van der Waals surface area contributed by atoms with Crippen molar-refractivity contribution in [3.05, 3.63) is 0 Å². The molecule has 0 fully saturated rings. The monoisotopic (exact) mass is 197 g/mol. The Kier molecular flexibility index (Phi) is 8.26. The summed E-state index contributed by atoms with van der Waals surface area (Å²) in [7, 11) is 2.73. The fourth-order valence-corrected chi connectivity index (χ4v) is 1.70. The predicted molar refractivity (Wildman–Crippen MR) is 47.0 cm³/mol. The van der Waals surface area contributed by atoms with Crippen molar-refractivity contribution in [3.8, 4) is 0 Å². The number of hydrogen-bond donors (Lipinski definition) is 3. The topological polar surface area (TPSA) is 69.6 Å². The van der Waals surface area contributed by atoms with Gasteiger partial charge in [-0.15, -0.1) is 0 Å². The van der Waals surface area contributed by atoms with Crippen molar-refractivity contribution in [2.45, 2.75) is 6.42 Å². The van der Waals surface area contributed by atoms with Crippen LogP contribution < -0.4 is 5.32 Å². The number of aliphatic hydroxyl groups excluding tert-OH is 2. The van der Waals surface area contributed by atoms with Crippen molar-refractivity contribution < 1.29 is 15.0 Å². The Bertz CT molecular complexity index is 112. The summed E-state index contributed by atoms with van der Waals surface area (Å²) < 4.78 is 0. The molecule has 0 heterocycles. The van der Waals surface area contributed by atoms with Gasteiger partial charge in [-0.05, 0) is 0 Å². The van der Waals surface area contributed by atoms with E-state index in [9.17, 15) is 4.79 Å². The van der Waals surface area contributed by atoms with Crippen LogP contribution in [0.4, 0.5) is 0 Å². The van der Waals surface area contributed by atoms with Crippen LogP contribution in [-0.4, -0.2) is 34.5 Å². The molecule has 0 aliphatic heterocycles. The van der Waals surface area contributed by atoms with E-state index in [0.29, 0.717) is 12.2 Å². The molecule has 0 bridgehead atoms. The Morgan fingerprint density at radius 2 is 2.09 bits per heavy atom. The van der Waals surface area contributed by atoms with Crippen molar-refractivity contribution in [1.82, 2.24) is 5.32 Å². The summed E-state index contributed by atoms with van der Waals surface area (Å²) in [6.45, 7) is -0.309. The quantitative estimate of drug-likeness (QED) is 0.312. The van der Waals surface area contributed by atoms with Crippen LogP contribution in [0.15, 0.2) is 0 Å². The first-order chi connectivity index (χ1) is 5.31. The summed E-state index contributed by atoms with van der Waals surface area (Å²) in [5.41, 5.74) is 0. The Balaban J connectivity index is 3.04. The van der Waals surface area contributed by atoms with Crippen LogP contribution in [0, 0.1) is 0 Å². The number of hydrogen-bond acceptors (Lipinski definition) is 5. The Morgan fingerprint density at radius 3 is 2.64 bits per heavy atom. The molecule has 0 saturated heterocycles. The third-order valence-corrected chi connectivity index (χ3v) is 2.78. The second-order valence-electron chi connectivity index (χ2n) is 1.58. The molecule has 0 aliphatic rings. The van der Waals surface area contributed by atoms with Crippen molar-refractivity contribution in [2.75, 3.05) is 18.4 Å². The zero-order chi connectivity index (χ0) is 8.53. The normalized spacial score (nSPS) is 9.64. The minimum Gasteiger partial charge on any atom is -0.385 e. The van der Waals surface area contributed by atoms with Gasteiger partial charge >= 0.3 is 0 Å². The first kappa shape index (κ1) is 11.1. The van der Waals surface area contributed by atoms with E-state index in [-0.39, 0.29) is 18.6 Å². The maximum absolute atomic E-state index is 10.6. The van der Waals surface area contributed by atoms with Gasteiger partial charge in [-0.1, -0.05) is 21.6 Å². The molecule has 0 radical (unpaired) electrons. The molecule has 0 spiro atoms. The molecule has 1 amide bonds. The van der Waals surface area contributed by atoms with Gasteiger partial charge in [-0.3, -0.25) is 4.79 Å². The van der Waals surface area contributed by atoms with Gasteiger partial charge < -0.3 is 15.5 Å². The molecule has 0 aliphatic carbocycles. The first-order valence-electron chi connectivity index (χ1n) is 3.04. The molecule has 6 heteroatoms. The van der Waals surface area contributed by atoms with Crippen LogP contribution in [0.2, 0.25) is 0 Å². The van der Waals surface area contributed by atoms with Crippen molar-refractivity contribution in [3.63, 3.8) is 0 Å². The standard InChI is InChI=1S/C5H11NO3S2/c7-3-6-5(9)1-2-10-11-4-8/h7-8H,1-4H2,(H,6,9). The predicted octanol–water partition coefficient (Wildman–Crippen LogP) is -0.226. The average Bonchev–Trinajstić information content (AvgIpc) is 1.99. The second kappa shape index (κ2) is 8.19. The molecule has 0 atom stereocenters. The molecule has 3 N–H and O–H groups in total. The SMILES string of the molecule is O=C(CCSSCO)NCO.